The molecule has 1 amide bonds. The summed E-state index contributed by atoms with van der Waals surface area (Å²) < 4.78 is 26.2. The second-order valence-electron chi connectivity index (χ2n) is 7.99. The van der Waals surface area contributed by atoms with Gasteiger partial charge in [-0.3, -0.25) is 13.9 Å². The number of amides is 1. The van der Waals surface area contributed by atoms with E-state index in [1.807, 2.05) is 26.1 Å². The molecule has 3 heterocycles. The first-order valence-corrected chi connectivity index (χ1v) is 11.3. The molecule has 3 aromatic rings. The lowest BCUT2D eigenvalue weighted by atomic mass is 9.87. The van der Waals surface area contributed by atoms with Crippen molar-refractivity contribution in [3.8, 4) is 11.1 Å². The van der Waals surface area contributed by atoms with E-state index in [0.717, 1.165) is 34.0 Å². The van der Waals surface area contributed by atoms with Crippen molar-refractivity contribution in [2.45, 2.75) is 37.9 Å². The van der Waals surface area contributed by atoms with E-state index < -0.39 is 16.5 Å². The second-order valence-corrected chi connectivity index (χ2v) is 10.4. The summed E-state index contributed by atoms with van der Waals surface area (Å²) in [6.45, 7) is 4.08. The van der Waals surface area contributed by atoms with Crippen LogP contribution in [0, 0.1) is 5.92 Å². The third kappa shape index (κ3) is 3.23. The van der Waals surface area contributed by atoms with Gasteiger partial charge in [0.1, 0.15) is 0 Å². The minimum absolute atomic E-state index is 0.121. The molecule has 0 radical (unpaired) electrons. The normalized spacial score (nSPS) is 23.2. The summed E-state index contributed by atoms with van der Waals surface area (Å²) in [7, 11) is -2.56. The Morgan fingerprint density at radius 1 is 1.32 bits per heavy atom. The van der Waals surface area contributed by atoms with Gasteiger partial charge < -0.3 is 15.1 Å². The van der Waals surface area contributed by atoms with Crippen molar-refractivity contribution in [2.24, 2.45) is 11.7 Å². The molecule has 28 heavy (non-hydrogen) atoms. The van der Waals surface area contributed by atoms with Crippen LogP contribution in [0.3, 0.4) is 0 Å². The first-order chi connectivity index (χ1) is 13.3. The first kappa shape index (κ1) is 19.1. The number of aromatic nitrogens is 1. The molecule has 2 unspecified atom stereocenters. The van der Waals surface area contributed by atoms with E-state index in [-0.39, 0.29) is 17.1 Å². The lowest BCUT2D eigenvalue weighted by molar-refractivity contribution is 0.100. The molecule has 2 atom stereocenters. The van der Waals surface area contributed by atoms with Crippen LogP contribution in [-0.4, -0.2) is 31.0 Å². The fraction of sp³-hybridized carbons (Fsp3) is 0.381. The standard InChI is InChI=1S/C21H26N2O4S/c1-12(2)19-9-13(4-6-28(19,25)26)18-10-23-20-16(18)7-15(8-17(20)21(22)24)14-3-5-27-11-14/h3,5,7-8,10-13,19,23,25-26H,4,6,9H2,1-2H3,(H2,22,24). The van der Waals surface area contributed by atoms with Crippen LogP contribution in [0.5, 0.6) is 0 Å². The van der Waals surface area contributed by atoms with E-state index >= 15 is 0 Å². The zero-order valence-corrected chi connectivity index (χ0v) is 16.8. The van der Waals surface area contributed by atoms with E-state index in [0.29, 0.717) is 17.7 Å². The number of carbonyl (C=O) groups is 1. The molecule has 0 bridgehead atoms. The van der Waals surface area contributed by atoms with Crippen molar-refractivity contribution >= 4 is 27.4 Å². The molecule has 0 spiro atoms. The number of hydrogen-bond acceptors (Lipinski definition) is 4. The average molecular weight is 403 g/mol. The summed E-state index contributed by atoms with van der Waals surface area (Å²) in [6.07, 6.45) is 6.61. The van der Waals surface area contributed by atoms with Crippen LogP contribution < -0.4 is 5.73 Å². The zero-order valence-electron chi connectivity index (χ0n) is 16.0. The SMILES string of the molecule is CC(C)C1CC(c2c[nH]c3c(C(N)=O)cc(-c4ccoc4)cc23)CCS1(O)O. The quantitative estimate of drug-likeness (QED) is 0.481. The van der Waals surface area contributed by atoms with Crippen molar-refractivity contribution in [1.29, 1.82) is 0 Å². The number of nitrogens with one attached hydrogen (secondary N) is 1. The third-order valence-corrected chi connectivity index (χ3v) is 8.44. The molecular formula is C21H26N2O4S. The highest BCUT2D eigenvalue weighted by atomic mass is 32.3. The molecule has 4 rings (SSSR count). The van der Waals surface area contributed by atoms with Gasteiger partial charge in [0.15, 0.2) is 0 Å². The van der Waals surface area contributed by atoms with E-state index in [4.69, 9.17) is 10.2 Å². The molecule has 1 fully saturated rings. The predicted molar refractivity (Wildman–Crippen MR) is 113 cm³/mol. The zero-order chi connectivity index (χ0) is 20.1. The van der Waals surface area contributed by atoms with Gasteiger partial charge in [0.25, 0.3) is 5.91 Å². The Morgan fingerprint density at radius 2 is 2.11 bits per heavy atom. The highest BCUT2D eigenvalue weighted by molar-refractivity contribution is 8.24. The highest BCUT2D eigenvalue weighted by Gasteiger charge is 2.37. The van der Waals surface area contributed by atoms with Crippen molar-refractivity contribution < 1.29 is 18.3 Å². The second kappa shape index (κ2) is 6.99. The van der Waals surface area contributed by atoms with E-state index in [2.05, 4.69) is 11.1 Å². The summed E-state index contributed by atoms with van der Waals surface area (Å²) in [6, 6.07) is 5.68. The van der Waals surface area contributed by atoms with E-state index in [1.165, 1.54) is 0 Å². The highest BCUT2D eigenvalue weighted by Crippen LogP contribution is 2.56. The fourth-order valence-electron chi connectivity index (χ4n) is 4.39. The maximum absolute atomic E-state index is 12.1. The topological polar surface area (TPSA) is 112 Å². The van der Waals surface area contributed by atoms with Gasteiger partial charge in [0, 0.05) is 22.9 Å². The number of benzene rings is 1. The molecule has 1 aliphatic heterocycles. The Labute approximate surface area is 165 Å². The van der Waals surface area contributed by atoms with Gasteiger partial charge in [-0.1, -0.05) is 13.8 Å². The number of rotatable bonds is 4. The monoisotopic (exact) mass is 402 g/mol. The maximum atomic E-state index is 12.1. The van der Waals surface area contributed by atoms with E-state index in [9.17, 15) is 13.9 Å². The first-order valence-electron chi connectivity index (χ1n) is 9.50. The van der Waals surface area contributed by atoms with Crippen LogP contribution >= 0.6 is 10.6 Å². The number of H-pyrrole nitrogens is 1. The Hall–Kier alpha value is -2.22. The van der Waals surface area contributed by atoms with Gasteiger partial charge in [-0.2, -0.15) is 10.6 Å². The molecule has 1 aliphatic rings. The Balaban J connectivity index is 1.81. The molecule has 0 aliphatic carbocycles. The molecule has 150 valence electrons. The summed E-state index contributed by atoms with van der Waals surface area (Å²) in [4.78, 5) is 15.3. The number of furan rings is 1. The van der Waals surface area contributed by atoms with Gasteiger partial charge >= 0.3 is 0 Å². The van der Waals surface area contributed by atoms with Crippen LogP contribution in [0.4, 0.5) is 0 Å². The summed E-state index contributed by atoms with van der Waals surface area (Å²) in [5, 5.41) is 0.835. The van der Waals surface area contributed by atoms with Crippen LogP contribution in [-0.2, 0) is 0 Å². The number of primary amides is 1. The minimum Gasteiger partial charge on any atom is -0.472 e. The Bertz CT molecular complexity index is 1010. The van der Waals surface area contributed by atoms with Gasteiger partial charge in [-0.15, -0.1) is 0 Å². The molecule has 2 aromatic heterocycles. The molecule has 6 nitrogen and oxygen atoms in total. The van der Waals surface area contributed by atoms with Crippen LogP contribution in [0.1, 0.15) is 48.5 Å². The molecule has 1 saturated heterocycles. The lowest BCUT2D eigenvalue weighted by Crippen LogP contribution is -2.32. The van der Waals surface area contributed by atoms with Gasteiger partial charge in [-0.05, 0) is 54.0 Å². The largest absolute Gasteiger partial charge is 0.472 e. The molecule has 5 N–H and O–H groups in total. The van der Waals surface area contributed by atoms with Gasteiger partial charge in [0.05, 0.1) is 28.9 Å². The van der Waals surface area contributed by atoms with Crippen LogP contribution in [0.2, 0.25) is 0 Å². The minimum atomic E-state index is -2.56. The van der Waals surface area contributed by atoms with Crippen LogP contribution in [0.25, 0.3) is 22.0 Å². The number of hydrogen-bond donors (Lipinski definition) is 4. The number of aromatic amines is 1. The molecule has 0 saturated carbocycles. The summed E-state index contributed by atoms with van der Waals surface area (Å²) in [5.41, 5.74) is 9.67. The van der Waals surface area contributed by atoms with Crippen LogP contribution in [0.15, 0.2) is 41.3 Å². The maximum Gasteiger partial charge on any atom is 0.250 e. The smallest absolute Gasteiger partial charge is 0.250 e. The van der Waals surface area contributed by atoms with Crippen molar-refractivity contribution in [1.82, 2.24) is 4.98 Å². The van der Waals surface area contributed by atoms with E-state index in [1.54, 1.807) is 18.6 Å². The van der Waals surface area contributed by atoms with Crippen molar-refractivity contribution in [3.05, 3.63) is 48.0 Å². The lowest BCUT2D eigenvalue weighted by Gasteiger charge is -2.48. The molecule has 1 aromatic carbocycles. The fourth-order valence-corrected chi connectivity index (χ4v) is 6.74. The number of nitrogens with two attached hydrogens (primary N) is 1. The Kier molecular flexibility index (Phi) is 4.77. The molecule has 7 heteroatoms. The number of fused-ring (bicyclic) bond motifs is 1. The van der Waals surface area contributed by atoms with Gasteiger partial charge in [-0.25, -0.2) is 0 Å². The average Bonchev–Trinajstić information content (AvgIpc) is 3.30. The third-order valence-electron chi connectivity index (χ3n) is 5.89. The Morgan fingerprint density at radius 3 is 2.75 bits per heavy atom. The molecular weight excluding hydrogens is 376 g/mol. The van der Waals surface area contributed by atoms with Crippen molar-refractivity contribution in [2.75, 3.05) is 5.75 Å². The number of carbonyl (C=O) groups excluding carboxylic acids is 1. The summed E-state index contributed by atoms with van der Waals surface area (Å²) >= 11 is 0. The van der Waals surface area contributed by atoms with Gasteiger partial charge in [0.2, 0.25) is 0 Å². The van der Waals surface area contributed by atoms with Crippen molar-refractivity contribution in [3.63, 3.8) is 0 Å². The predicted octanol–water partition coefficient (Wildman–Crippen LogP) is 5.18. The summed E-state index contributed by atoms with van der Waals surface area (Å²) in [5.74, 6) is 0.320.